The van der Waals surface area contributed by atoms with Gasteiger partial charge in [0.15, 0.2) is 0 Å². The minimum atomic E-state index is -0.474. The normalized spacial score (nSPS) is 10.7. The van der Waals surface area contributed by atoms with Crippen LogP contribution in [0.25, 0.3) is 11.3 Å². The van der Waals surface area contributed by atoms with E-state index in [2.05, 4.69) is 15.5 Å². The zero-order valence-electron chi connectivity index (χ0n) is 12.8. The van der Waals surface area contributed by atoms with Crippen LogP contribution in [0.1, 0.15) is 16.2 Å². The SMILES string of the molecule is O=C(NN=Cc1ccc(-c2ccccc2[N+](=O)[O-])o1)c1ccccn1. The molecule has 8 heteroatoms. The van der Waals surface area contributed by atoms with E-state index in [1.54, 1.807) is 48.5 Å². The first-order valence-electron chi connectivity index (χ1n) is 7.23. The second kappa shape index (κ2) is 7.18. The maximum absolute atomic E-state index is 11.8. The summed E-state index contributed by atoms with van der Waals surface area (Å²) in [5.74, 6) is 0.224. The van der Waals surface area contributed by atoms with E-state index in [1.807, 2.05) is 0 Å². The summed E-state index contributed by atoms with van der Waals surface area (Å²) in [6, 6.07) is 14.4. The Hall–Kier alpha value is -3.81. The molecule has 0 saturated carbocycles. The van der Waals surface area contributed by atoms with Crippen LogP contribution in [0.2, 0.25) is 0 Å². The number of rotatable bonds is 5. The number of hydrazone groups is 1. The van der Waals surface area contributed by atoms with Gasteiger partial charge in [-0.3, -0.25) is 19.9 Å². The van der Waals surface area contributed by atoms with Crippen molar-refractivity contribution in [2.75, 3.05) is 0 Å². The standard InChI is InChI=1S/C17H12N4O4/c22-17(14-6-3-4-10-18-14)20-19-11-12-8-9-16(25-12)13-5-1-2-7-15(13)21(23)24/h1-11H,(H,20,22). The Morgan fingerprint density at radius 3 is 2.72 bits per heavy atom. The monoisotopic (exact) mass is 336 g/mol. The maximum atomic E-state index is 11.8. The fourth-order valence-corrected chi connectivity index (χ4v) is 2.12. The Labute approximate surface area is 142 Å². The zero-order valence-corrected chi connectivity index (χ0v) is 12.8. The summed E-state index contributed by atoms with van der Waals surface area (Å²) < 4.78 is 5.53. The van der Waals surface area contributed by atoms with Gasteiger partial charge in [-0.2, -0.15) is 5.10 Å². The van der Waals surface area contributed by atoms with Gasteiger partial charge in [0.2, 0.25) is 0 Å². The van der Waals surface area contributed by atoms with Crippen molar-refractivity contribution < 1.29 is 14.1 Å². The summed E-state index contributed by atoms with van der Waals surface area (Å²) in [6.45, 7) is 0. The summed E-state index contributed by atoms with van der Waals surface area (Å²) in [5.41, 5.74) is 2.88. The lowest BCUT2D eigenvalue weighted by Gasteiger charge is -1.99. The van der Waals surface area contributed by atoms with Crippen LogP contribution in [0.3, 0.4) is 0 Å². The molecule has 1 amide bonds. The molecule has 0 aliphatic rings. The fourth-order valence-electron chi connectivity index (χ4n) is 2.12. The minimum absolute atomic E-state index is 0.0520. The van der Waals surface area contributed by atoms with Gasteiger partial charge in [-0.25, -0.2) is 5.43 Å². The number of amides is 1. The average molecular weight is 336 g/mol. The molecule has 0 bridgehead atoms. The van der Waals surface area contributed by atoms with Gasteiger partial charge in [-0.05, 0) is 30.3 Å². The molecule has 1 aromatic carbocycles. The number of carbonyl (C=O) groups is 1. The number of nitrogens with one attached hydrogen (secondary N) is 1. The number of hydrogen-bond donors (Lipinski definition) is 1. The molecule has 0 fully saturated rings. The number of para-hydroxylation sites is 1. The molecule has 3 rings (SSSR count). The molecule has 0 saturated heterocycles. The molecule has 124 valence electrons. The highest BCUT2D eigenvalue weighted by Crippen LogP contribution is 2.30. The van der Waals surface area contributed by atoms with Gasteiger partial charge in [0.25, 0.3) is 11.6 Å². The predicted octanol–water partition coefficient (Wildman–Crippen LogP) is 3.01. The molecule has 25 heavy (non-hydrogen) atoms. The van der Waals surface area contributed by atoms with Crippen molar-refractivity contribution in [2.45, 2.75) is 0 Å². The molecule has 0 atom stereocenters. The van der Waals surface area contributed by atoms with Crippen molar-refractivity contribution >= 4 is 17.8 Å². The van der Waals surface area contributed by atoms with E-state index in [1.165, 1.54) is 18.5 Å². The number of carbonyl (C=O) groups excluding carboxylic acids is 1. The topological polar surface area (TPSA) is 111 Å². The van der Waals surface area contributed by atoms with Crippen molar-refractivity contribution in [3.8, 4) is 11.3 Å². The highest BCUT2D eigenvalue weighted by Gasteiger charge is 2.16. The van der Waals surface area contributed by atoms with Gasteiger partial charge >= 0.3 is 0 Å². The molecule has 2 heterocycles. The number of nitro benzene ring substituents is 1. The largest absolute Gasteiger partial charge is 0.455 e. The summed E-state index contributed by atoms with van der Waals surface area (Å²) >= 11 is 0. The Bertz CT molecular complexity index is 935. The number of hydrogen-bond acceptors (Lipinski definition) is 6. The summed E-state index contributed by atoms with van der Waals surface area (Å²) in [4.78, 5) is 26.3. The summed E-state index contributed by atoms with van der Waals surface area (Å²) in [5, 5.41) is 14.9. The smallest absolute Gasteiger partial charge is 0.289 e. The molecule has 8 nitrogen and oxygen atoms in total. The van der Waals surface area contributed by atoms with Crippen LogP contribution in [0, 0.1) is 10.1 Å². The van der Waals surface area contributed by atoms with Crippen molar-refractivity contribution in [1.29, 1.82) is 0 Å². The minimum Gasteiger partial charge on any atom is -0.455 e. The number of pyridine rings is 1. The molecule has 3 aromatic rings. The molecule has 0 radical (unpaired) electrons. The number of nitro groups is 1. The van der Waals surface area contributed by atoms with E-state index in [0.717, 1.165) is 0 Å². The van der Waals surface area contributed by atoms with Gasteiger partial charge in [-0.15, -0.1) is 0 Å². The first-order valence-corrected chi connectivity index (χ1v) is 7.23. The van der Waals surface area contributed by atoms with Crippen LogP contribution < -0.4 is 5.43 Å². The first-order chi connectivity index (χ1) is 12.1. The number of furan rings is 1. The Balaban J connectivity index is 1.72. The summed E-state index contributed by atoms with van der Waals surface area (Å²) in [7, 11) is 0. The van der Waals surface area contributed by atoms with Crippen LogP contribution in [0.5, 0.6) is 0 Å². The van der Waals surface area contributed by atoms with Crippen LogP contribution in [0.4, 0.5) is 5.69 Å². The predicted molar refractivity (Wildman–Crippen MR) is 90.1 cm³/mol. The van der Waals surface area contributed by atoms with Crippen LogP contribution in [0.15, 0.2) is 70.3 Å². The average Bonchev–Trinajstić information content (AvgIpc) is 3.11. The maximum Gasteiger partial charge on any atom is 0.289 e. The molecule has 0 aliphatic carbocycles. The molecule has 0 aliphatic heterocycles. The van der Waals surface area contributed by atoms with E-state index in [9.17, 15) is 14.9 Å². The van der Waals surface area contributed by atoms with E-state index in [4.69, 9.17) is 4.42 Å². The highest BCUT2D eigenvalue weighted by molar-refractivity contribution is 5.92. The number of benzene rings is 1. The molecule has 0 spiro atoms. The third-order valence-corrected chi connectivity index (χ3v) is 3.25. The fraction of sp³-hybridized carbons (Fsp3) is 0. The second-order valence-electron chi connectivity index (χ2n) is 4.89. The van der Waals surface area contributed by atoms with Crippen molar-refractivity contribution in [1.82, 2.24) is 10.4 Å². The third-order valence-electron chi connectivity index (χ3n) is 3.25. The second-order valence-corrected chi connectivity index (χ2v) is 4.89. The van der Waals surface area contributed by atoms with E-state index >= 15 is 0 Å². The van der Waals surface area contributed by atoms with Gasteiger partial charge in [0.05, 0.1) is 16.7 Å². The van der Waals surface area contributed by atoms with Crippen molar-refractivity contribution in [2.24, 2.45) is 5.10 Å². The van der Waals surface area contributed by atoms with Crippen LogP contribution >= 0.6 is 0 Å². The Morgan fingerprint density at radius 1 is 1.16 bits per heavy atom. The highest BCUT2D eigenvalue weighted by atomic mass is 16.6. The number of nitrogens with zero attached hydrogens (tertiary/aromatic N) is 3. The van der Waals surface area contributed by atoms with Gasteiger partial charge in [0.1, 0.15) is 17.2 Å². The van der Waals surface area contributed by atoms with Crippen molar-refractivity contribution in [3.05, 3.63) is 82.4 Å². The van der Waals surface area contributed by atoms with Gasteiger partial charge in [0, 0.05) is 12.3 Å². The molecular weight excluding hydrogens is 324 g/mol. The van der Waals surface area contributed by atoms with Crippen LogP contribution in [-0.2, 0) is 0 Å². The lowest BCUT2D eigenvalue weighted by atomic mass is 10.1. The molecular formula is C17H12N4O4. The molecule has 1 N–H and O–H groups in total. The Morgan fingerprint density at radius 2 is 1.96 bits per heavy atom. The van der Waals surface area contributed by atoms with Crippen LogP contribution in [-0.4, -0.2) is 22.0 Å². The lowest BCUT2D eigenvalue weighted by Crippen LogP contribution is -2.18. The third kappa shape index (κ3) is 3.75. The number of aromatic nitrogens is 1. The van der Waals surface area contributed by atoms with Crippen molar-refractivity contribution in [3.63, 3.8) is 0 Å². The Kier molecular flexibility index (Phi) is 4.61. The molecule has 0 unspecified atom stereocenters. The van der Waals surface area contributed by atoms with Gasteiger partial charge < -0.3 is 4.42 Å². The lowest BCUT2D eigenvalue weighted by molar-refractivity contribution is -0.384. The summed E-state index contributed by atoms with van der Waals surface area (Å²) in [6.07, 6.45) is 2.81. The zero-order chi connectivity index (χ0) is 17.6. The van der Waals surface area contributed by atoms with E-state index in [0.29, 0.717) is 17.1 Å². The van der Waals surface area contributed by atoms with E-state index < -0.39 is 10.8 Å². The van der Waals surface area contributed by atoms with E-state index in [-0.39, 0.29) is 11.4 Å². The first kappa shape index (κ1) is 16.1. The quantitative estimate of drug-likeness (QED) is 0.437. The van der Waals surface area contributed by atoms with Gasteiger partial charge in [-0.1, -0.05) is 18.2 Å². The molecule has 2 aromatic heterocycles.